The fourth-order valence-electron chi connectivity index (χ4n) is 2.95. The van der Waals surface area contributed by atoms with Gasteiger partial charge in [0.2, 0.25) is 17.7 Å². The zero-order chi connectivity index (χ0) is 27.3. The van der Waals surface area contributed by atoms with E-state index in [2.05, 4.69) is 20.9 Å². The van der Waals surface area contributed by atoms with Gasteiger partial charge in [-0.25, -0.2) is 4.79 Å². The van der Waals surface area contributed by atoms with Gasteiger partial charge in [0, 0.05) is 6.54 Å². The van der Waals surface area contributed by atoms with Gasteiger partial charge in [-0.3, -0.25) is 24.2 Å². The Bertz CT molecular complexity index is 783. The molecule has 0 radical (unpaired) electrons. The summed E-state index contributed by atoms with van der Waals surface area (Å²) < 4.78 is 0. The fourth-order valence-corrected chi connectivity index (χ4v) is 2.95. The summed E-state index contributed by atoms with van der Waals surface area (Å²) in [5.41, 5.74) is 16.0. The lowest BCUT2D eigenvalue weighted by Gasteiger charge is -2.26. The largest absolute Gasteiger partial charge is 0.481 e. The van der Waals surface area contributed by atoms with Gasteiger partial charge in [0.05, 0.1) is 18.6 Å². The van der Waals surface area contributed by atoms with Crippen LogP contribution in [-0.2, 0) is 24.0 Å². The molecule has 0 rings (SSSR count). The van der Waals surface area contributed by atoms with Crippen LogP contribution >= 0.6 is 0 Å². The molecule has 5 atom stereocenters. The van der Waals surface area contributed by atoms with Gasteiger partial charge in [-0.05, 0) is 32.1 Å². The molecule has 0 fully saturated rings. The molecule has 0 aliphatic rings. The fraction of sp³-hybridized carbons (Fsp3) is 0.700. The van der Waals surface area contributed by atoms with Crippen molar-refractivity contribution in [3.05, 3.63) is 0 Å². The second-order valence-electron chi connectivity index (χ2n) is 8.47. The van der Waals surface area contributed by atoms with Gasteiger partial charge in [0.1, 0.15) is 18.1 Å². The Kier molecular flexibility index (Phi) is 13.9. The number of nitrogens with one attached hydrogen (secondary N) is 3. The number of amides is 3. The number of hydrogen-bond donors (Lipinski definition) is 9. The SMILES string of the molecule is CC(C)CC(NC(=O)C(NC(=O)C(CCCN=C(N)N)NC(=O)C(N)CC(=O)O)C(C)O)C(=O)O. The molecule has 200 valence electrons. The molecule has 0 aromatic carbocycles. The third-order valence-electron chi connectivity index (χ3n) is 4.69. The lowest BCUT2D eigenvalue weighted by Crippen LogP contribution is -2.60. The van der Waals surface area contributed by atoms with Crippen molar-refractivity contribution in [3.8, 4) is 0 Å². The maximum absolute atomic E-state index is 12.9. The summed E-state index contributed by atoms with van der Waals surface area (Å²) in [6, 6.07) is -5.51. The van der Waals surface area contributed by atoms with Gasteiger partial charge in [0.15, 0.2) is 5.96 Å². The Morgan fingerprint density at radius 2 is 1.46 bits per heavy atom. The van der Waals surface area contributed by atoms with Crippen molar-refractivity contribution in [1.82, 2.24) is 16.0 Å². The topological polar surface area (TPSA) is 273 Å². The Morgan fingerprint density at radius 3 is 1.91 bits per heavy atom. The molecule has 0 aromatic heterocycles. The van der Waals surface area contributed by atoms with Crippen LogP contribution in [0.5, 0.6) is 0 Å². The first-order chi connectivity index (χ1) is 16.1. The van der Waals surface area contributed by atoms with Crippen molar-refractivity contribution in [1.29, 1.82) is 0 Å². The number of aliphatic hydroxyl groups is 1. The van der Waals surface area contributed by atoms with E-state index in [1.54, 1.807) is 13.8 Å². The molecular weight excluding hydrogens is 466 g/mol. The van der Waals surface area contributed by atoms with Gasteiger partial charge >= 0.3 is 11.9 Å². The Balaban J connectivity index is 5.55. The first-order valence-corrected chi connectivity index (χ1v) is 11.0. The number of aliphatic carboxylic acids is 2. The normalized spacial score (nSPS) is 15.1. The van der Waals surface area contributed by atoms with E-state index in [0.717, 1.165) is 0 Å². The highest BCUT2D eigenvalue weighted by atomic mass is 16.4. The lowest BCUT2D eigenvalue weighted by molar-refractivity contribution is -0.143. The van der Waals surface area contributed by atoms with Crippen molar-refractivity contribution in [2.45, 2.75) is 76.7 Å². The predicted molar refractivity (Wildman–Crippen MR) is 125 cm³/mol. The number of carbonyl (C=O) groups is 5. The average Bonchev–Trinajstić information content (AvgIpc) is 2.71. The van der Waals surface area contributed by atoms with E-state index in [9.17, 15) is 34.2 Å². The molecule has 0 aromatic rings. The molecule has 35 heavy (non-hydrogen) atoms. The molecule has 0 aliphatic carbocycles. The summed E-state index contributed by atoms with van der Waals surface area (Å²) in [7, 11) is 0. The highest BCUT2D eigenvalue weighted by Gasteiger charge is 2.33. The van der Waals surface area contributed by atoms with Crippen molar-refractivity contribution in [3.63, 3.8) is 0 Å². The Morgan fingerprint density at radius 1 is 0.886 bits per heavy atom. The number of guanidine groups is 1. The van der Waals surface area contributed by atoms with Gasteiger partial charge in [-0.1, -0.05) is 13.8 Å². The molecule has 5 unspecified atom stereocenters. The minimum atomic E-state index is -1.54. The molecule has 0 saturated carbocycles. The zero-order valence-electron chi connectivity index (χ0n) is 20.1. The van der Waals surface area contributed by atoms with Crippen molar-refractivity contribution < 1.29 is 39.3 Å². The Labute approximate surface area is 202 Å². The number of carboxylic acid groups (broad SMARTS) is 2. The summed E-state index contributed by atoms with van der Waals surface area (Å²) in [5.74, 6) is -5.58. The highest BCUT2D eigenvalue weighted by molar-refractivity contribution is 5.95. The van der Waals surface area contributed by atoms with E-state index in [-0.39, 0.29) is 37.7 Å². The number of nitrogens with two attached hydrogens (primary N) is 3. The molecule has 0 aliphatic heterocycles. The van der Waals surface area contributed by atoms with Crippen LogP contribution in [0.1, 0.15) is 46.5 Å². The van der Waals surface area contributed by atoms with E-state index in [4.69, 9.17) is 22.3 Å². The molecule has 3 amide bonds. The number of hydrogen-bond acceptors (Lipinski definition) is 8. The first kappa shape index (κ1) is 31.5. The van der Waals surface area contributed by atoms with Crippen LogP contribution in [0.3, 0.4) is 0 Å². The molecule has 0 heterocycles. The van der Waals surface area contributed by atoms with Gasteiger partial charge < -0.3 is 48.5 Å². The van der Waals surface area contributed by atoms with Crippen LogP contribution < -0.4 is 33.2 Å². The van der Waals surface area contributed by atoms with Crippen LogP contribution in [0.15, 0.2) is 4.99 Å². The maximum Gasteiger partial charge on any atom is 0.326 e. The summed E-state index contributed by atoms with van der Waals surface area (Å²) in [4.78, 5) is 63.9. The van der Waals surface area contributed by atoms with E-state index >= 15 is 0 Å². The smallest absolute Gasteiger partial charge is 0.326 e. The second-order valence-corrected chi connectivity index (χ2v) is 8.47. The number of rotatable bonds is 16. The Hall–Kier alpha value is -3.46. The van der Waals surface area contributed by atoms with E-state index in [1.807, 2.05) is 0 Å². The quantitative estimate of drug-likeness (QED) is 0.0574. The average molecular weight is 504 g/mol. The maximum atomic E-state index is 12.9. The van der Waals surface area contributed by atoms with Crippen molar-refractivity contribution >= 4 is 35.6 Å². The third-order valence-corrected chi connectivity index (χ3v) is 4.69. The molecule has 15 nitrogen and oxygen atoms in total. The summed E-state index contributed by atoms with van der Waals surface area (Å²) in [5, 5.41) is 35.1. The number of aliphatic hydroxyl groups excluding tert-OH is 1. The number of carboxylic acids is 2. The summed E-state index contributed by atoms with van der Waals surface area (Å²) in [6.07, 6.45) is -1.79. The van der Waals surface area contributed by atoms with Gasteiger partial charge in [-0.15, -0.1) is 0 Å². The molecule has 0 bridgehead atoms. The highest BCUT2D eigenvalue weighted by Crippen LogP contribution is 2.07. The van der Waals surface area contributed by atoms with E-state index in [1.165, 1.54) is 6.92 Å². The summed E-state index contributed by atoms with van der Waals surface area (Å²) >= 11 is 0. The summed E-state index contributed by atoms with van der Waals surface area (Å²) in [6.45, 7) is 4.86. The van der Waals surface area contributed by atoms with Gasteiger partial charge in [-0.2, -0.15) is 0 Å². The minimum absolute atomic E-state index is 0.0204. The molecule has 0 spiro atoms. The van der Waals surface area contributed by atoms with Crippen LogP contribution in [-0.4, -0.2) is 87.8 Å². The lowest BCUT2D eigenvalue weighted by atomic mass is 10.0. The van der Waals surface area contributed by atoms with Crippen LogP contribution in [0.25, 0.3) is 0 Å². The monoisotopic (exact) mass is 503 g/mol. The van der Waals surface area contributed by atoms with E-state index < -0.39 is 66.4 Å². The van der Waals surface area contributed by atoms with Crippen LogP contribution in [0, 0.1) is 5.92 Å². The van der Waals surface area contributed by atoms with Gasteiger partial charge in [0.25, 0.3) is 0 Å². The van der Waals surface area contributed by atoms with Crippen LogP contribution in [0.2, 0.25) is 0 Å². The van der Waals surface area contributed by atoms with Crippen LogP contribution in [0.4, 0.5) is 0 Å². The predicted octanol–water partition coefficient (Wildman–Crippen LogP) is -3.19. The first-order valence-electron chi connectivity index (χ1n) is 11.0. The molecule has 0 saturated heterocycles. The van der Waals surface area contributed by atoms with Crippen molar-refractivity contribution in [2.75, 3.05) is 6.54 Å². The molecular formula is C20H37N7O8. The standard InChI is InChI=1S/C20H37N7O8/c1-9(2)7-13(19(34)35)26-18(33)15(10(3)28)27-17(32)12(5-4-6-24-20(22)23)25-16(31)11(21)8-14(29)30/h9-13,15,28H,4-8,21H2,1-3H3,(H,25,31)(H,26,33)(H,27,32)(H,29,30)(H,34,35)(H4,22,23,24). The second kappa shape index (κ2) is 15.4. The minimum Gasteiger partial charge on any atom is -0.481 e. The zero-order valence-corrected chi connectivity index (χ0v) is 20.1. The number of nitrogens with zero attached hydrogens (tertiary/aromatic N) is 1. The van der Waals surface area contributed by atoms with E-state index in [0.29, 0.717) is 0 Å². The van der Waals surface area contributed by atoms with Crippen molar-refractivity contribution in [2.24, 2.45) is 28.1 Å². The third kappa shape index (κ3) is 13.1. The molecule has 15 heteroatoms. The molecule has 12 N–H and O–H groups in total. The number of carbonyl (C=O) groups excluding carboxylic acids is 3. The number of aliphatic imine (C=N–C) groups is 1.